The van der Waals surface area contributed by atoms with Crippen LogP contribution in [0.5, 0.6) is 5.88 Å². The summed E-state index contributed by atoms with van der Waals surface area (Å²) in [6, 6.07) is 8.79. The first-order valence-corrected chi connectivity index (χ1v) is 8.06. The summed E-state index contributed by atoms with van der Waals surface area (Å²) >= 11 is 7.00. The first-order valence-electron chi connectivity index (χ1n) is 5.59. The third kappa shape index (κ3) is 3.71. The number of rotatable bonds is 4. The minimum atomic E-state index is -2.90. The van der Waals surface area contributed by atoms with E-state index in [0.717, 1.165) is 28.9 Å². The van der Waals surface area contributed by atoms with Gasteiger partial charge in [0.2, 0.25) is 0 Å². The van der Waals surface area contributed by atoms with Crippen molar-refractivity contribution in [3.63, 3.8) is 0 Å². The molecule has 0 saturated carbocycles. The van der Waals surface area contributed by atoms with Crippen LogP contribution in [-0.2, 0) is 23.3 Å². The van der Waals surface area contributed by atoms with E-state index >= 15 is 0 Å². The normalized spacial score (nSPS) is 10.8. The Kier molecular flexibility index (Phi) is 4.83. The number of ether oxygens (including phenoxy) is 1. The average Bonchev–Trinajstić information content (AvgIpc) is 2.38. The third-order valence-electron chi connectivity index (χ3n) is 2.53. The van der Waals surface area contributed by atoms with Gasteiger partial charge in [-0.3, -0.25) is 0 Å². The molecule has 0 aliphatic carbocycles. The first-order chi connectivity index (χ1) is 9.10. The topological polar surface area (TPSA) is 22.1 Å². The molecule has 2 rings (SSSR count). The zero-order valence-corrected chi connectivity index (χ0v) is 13.7. The number of halogens is 3. The Morgan fingerprint density at radius 2 is 2.11 bits per heavy atom. The Morgan fingerprint density at radius 3 is 2.74 bits per heavy atom. The quantitative estimate of drug-likeness (QED) is 0.787. The molecule has 0 saturated heterocycles. The summed E-state index contributed by atoms with van der Waals surface area (Å²) in [7, 11) is 0. The molecule has 1 aromatic carbocycles. The Morgan fingerprint density at radius 1 is 1.32 bits per heavy atom. The van der Waals surface area contributed by atoms with Gasteiger partial charge < -0.3 is 0 Å². The molecule has 0 aliphatic rings. The molecule has 2 aromatic rings. The Bertz CT molecular complexity index is 580. The maximum atomic E-state index is 12.4. The van der Waals surface area contributed by atoms with E-state index in [1.54, 1.807) is 30.5 Å². The predicted molar refractivity (Wildman–Crippen MR) is 65.0 cm³/mol. The van der Waals surface area contributed by atoms with Crippen molar-refractivity contribution in [1.29, 1.82) is 0 Å². The van der Waals surface area contributed by atoms with Crippen LogP contribution >= 0.6 is 11.6 Å². The van der Waals surface area contributed by atoms with Crippen molar-refractivity contribution in [2.45, 2.75) is 11.6 Å². The molecule has 95 valence electrons. The van der Waals surface area contributed by atoms with Crippen LogP contribution in [0.25, 0.3) is 11.1 Å². The van der Waals surface area contributed by atoms with Crippen molar-refractivity contribution in [3.8, 4) is 17.0 Å². The van der Waals surface area contributed by atoms with Crippen LogP contribution in [0.4, 0.5) is 8.78 Å². The summed E-state index contributed by atoms with van der Waals surface area (Å²) < 4.78 is 29.3. The van der Waals surface area contributed by atoms with Gasteiger partial charge in [0, 0.05) is 0 Å². The summed E-state index contributed by atoms with van der Waals surface area (Å²) in [5, 5.41) is 1.42. The van der Waals surface area contributed by atoms with Gasteiger partial charge in [-0.1, -0.05) is 0 Å². The summed E-state index contributed by atoms with van der Waals surface area (Å²) in [5.41, 5.74) is 2.25. The number of pyridine rings is 1. The van der Waals surface area contributed by atoms with Gasteiger partial charge >= 0.3 is 124 Å². The number of hydrogen-bond acceptors (Lipinski definition) is 2. The van der Waals surface area contributed by atoms with E-state index in [1.807, 2.05) is 6.07 Å². The SMILES string of the molecule is FC(F)Oc1ncc([CH2][Zn])cc1-c1cccc(Cl)c1. The number of benzene rings is 1. The number of nitrogens with zero attached hydrogens (tertiary/aromatic N) is 1. The van der Waals surface area contributed by atoms with Crippen molar-refractivity contribution in [2.75, 3.05) is 0 Å². The van der Waals surface area contributed by atoms with Crippen LogP contribution in [0, 0.1) is 0 Å². The number of aromatic nitrogens is 1. The maximum absolute atomic E-state index is 12.4. The van der Waals surface area contributed by atoms with E-state index in [1.165, 1.54) is 0 Å². The average molecular weight is 334 g/mol. The molecule has 0 N–H and O–H groups in total. The van der Waals surface area contributed by atoms with Crippen LogP contribution in [-0.4, -0.2) is 11.6 Å². The molecule has 0 spiro atoms. The third-order valence-corrected chi connectivity index (χ3v) is 3.98. The number of hydrogen-bond donors (Lipinski definition) is 0. The molecular formula is C13H9ClF2NOZn. The monoisotopic (exact) mass is 332 g/mol. The van der Waals surface area contributed by atoms with E-state index in [4.69, 9.17) is 11.6 Å². The number of alkyl halides is 2. The molecule has 19 heavy (non-hydrogen) atoms. The molecular weight excluding hydrogens is 325 g/mol. The zero-order chi connectivity index (χ0) is 13.8. The van der Waals surface area contributed by atoms with Crippen molar-refractivity contribution in [2.24, 2.45) is 0 Å². The van der Waals surface area contributed by atoms with Crippen molar-refractivity contribution in [3.05, 3.63) is 47.1 Å². The summed E-state index contributed by atoms with van der Waals surface area (Å²) in [4.78, 5) is 3.97. The fourth-order valence-electron chi connectivity index (χ4n) is 1.67. The fraction of sp³-hybridized carbons (Fsp3) is 0.154. The molecule has 0 amide bonds. The minimum absolute atomic E-state index is 0.0746. The molecule has 0 fully saturated rings. The standard InChI is InChI=1S/C13H9ClF2NO.Zn/c1-8-5-11(9-3-2-4-10(14)6-9)12(17-7-8)18-13(15)16;/h2-7,13H,1H2;. The second-order valence-electron chi connectivity index (χ2n) is 3.84. The molecule has 0 unspecified atom stereocenters. The van der Waals surface area contributed by atoms with E-state index < -0.39 is 6.61 Å². The molecule has 6 heteroatoms. The van der Waals surface area contributed by atoms with Gasteiger partial charge in [0.05, 0.1) is 0 Å². The predicted octanol–water partition coefficient (Wildman–Crippen LogP) is 4.05. The van der Waals surface area contributed by atoms with Crippen LogP contribution in [0.2, 0.25) is 5.02 Å². The summed E-state index contributed by atoms with van der Waals surface area (Å²) in [5.74, 6) is -0.0746. The first kappa shape index (κ1) is 14.4. The van der Waals surface area contributed by atoms with Crippen LogP contribution in [0.3, 0.4) is 0 Å². The zero-order valence-electron chi connectivity index (χ0n) is 9.95. The van der Waals surface area contributed by atoms with E-state index in [0.29, 0.717) is 16.1 Å². The van der Waals surface area contributed by atoms with Gasteiger partial charge in [-0.15, -0.1) is 0 Å². The van der Waals surface area contributed by atoms with Crippen LogP contribution in [0.15, 0.2) is 36.5 Å². The molecule has 0 atom stereocenters. The fourth-order valence-corrected chi connectivity index (χ4v) is 2.44. The Labute approximate surface area is 124 Å². The van der Waals surface area contributed by atoms with Gasteiger partial charge in [-0.25, -0.2) is 0 Å². The van der Waals surface area contributed by atoms with Gasteiger partial charge in [-0.2, -0.15) is 0 Å². The van der Waals surface area contributed by atoms with Crippen LogP contribution in [0.1, 0.15) is 5.56 Å². The Balaban J connectivity index is 2.51. The molecule has 0 bridgehead atoms. The van der Waals surface area contributed by atoms with E-state index in [-0.39, 0.29) is 5.88 Å². The summed E-state index contributed by atoms with van der Waals surface area (Å²) in [6.07, 6.45) is 1.56. The van der Waals surface area contributed by atoms with Gasteiger partial charge in [0.25, 0.3) is 0 Å². The Hall–Kier alpha value is -1.06. The molecule has 0 radical (unpaired) electrons. The summed E-state index contributed by atoms with van der Waals surface area (Å²) in [6.45, 7) is -2.90. The van der Waals surface area contributed by atoms with Crippen molar-refractivity contribution < 1.29 is 31.8 Å². The van der Waals surface area contributed by atoms with Gasteiger partial charge in [0.15, 0.2) is 0 Å². The molecule has 1 heterocycles. The molecule has 0 aliphatic heterocycles. The second-order valence-corrected chi connectivity index (χ2v) is 5.32. The van der Waals surface area contributed by atoms with Crippen molar-refractivity contribution >= 4 is 11.6 Å². The molecule has 1 aromatic heterocycles. The van der Waals surface area contributed by atoms with Gasteiger partial charge in [0.1, 0.15) is 0 Å². The van der Waals surface area contributed by atoms with Crippen molar-refractivity contribution in [1.82, 2.24) is 4.98 Å². The van der Waals surface area contributed by atoms with E-state index in [9.17, 15) is 8.78 Å². The van der Waals surface area contributed by atoms with E-state index in [2.05, 4.69) is 9.72 Å². The van der Waals surface area contributed by atoms with Gasteiger partial charge in [-0.05, 0) is 0 Å². The molecule has 2 nitrogen and oxygen atoms in total. The van der Waals surface area contributed by atoms with Crippen LogP contribution < -0.4 is 4.74 Å². The second kappa shape index (κ2) is 6.40.